The van der Waals surface area contributed by atoms with Crippen LogP contribution >= 0.6 is 0 Å². The van der Waals surface area contributed by atoms with E-state index in [0.717, 1.165) is 19.6 Å². The third-order valence-electron chi connectivity index (χ3n) is 3.02. The molecule has 1 fully saturated rings. The normalized spacial score (nSPS) is 19.3. The molecule has 5 nitrogen and oxygen atoms in total. The second kappa shape index (κ2) is 5.11. The van der Waals surface area contributed by atoms with Crippen molar-refractivity contribution in [2.75, 3.05) is 26.7 Å². The molecule has 0 saturated carbocycles. The first kappa shape index (κ1) is 12.0. The van der Waals surface area contributed by atoms with Gasteiger partial charge >= 0.3 is 5.97 Å². The Morgan fingerprint density at radius 1 is 1.53 bits per heavy atom. The largest absolute Gasteiger partial charge is 0.481 e. The van der Waals surface area contributed by atoms with E-state index in [-0.39, 0.29) is 17.7 Å². The van der Waals surface area contributed by atoms with Crippen molar-refractivity contribution in [3.05, 3.63) is 0 Å². The molecular weight excluding hydrogens is 196 g/mol. The summed E-state index contributed by atoms with van der Waals surface area (Å²) in [7, 11) is 1.62. The van der Waals surface area contributed by atoms with Gasteiger partial charge in [-0.3, -0.25) is 9.59 Å². The standard InChI is InChI=1S/C10H18N2O3/c1-7(10(14)15)8-5-12(6-8)4-3-9(13)11-2/h7-8H,3-6H2,1-2H3,(H,11,13)(H,14,15). The van der Waals surface area contributed by atoms with Crippen LogP contribution in [-0.2, 0) is 9.59 Å². The lowest BCUT2D eigenvalue weighted by atomic mass is 9.87. The summed E-state index contributed by atoms with van der Waals surface area (Å²) in [5.41, 5.74) is 0. The maximum Gasteiger partial charge on any atom is 0.306 e. The summed E-state index contributed by atoms with van der Waals surface area (Å²) in [5.74, 6) is -0.732. The van der Waals surface area contributed by atoms with Gasteiger partial charge in [0.1, 0.15) is 0 Å². The molecule has 2 N–H and O–H groups in total. The summed E-state index contributed by atoms with van der Waals surface area (Å²) < 4.78 is 0. The maximum atomic E-state index is 10.9. The Bertz CT molecular complexity index is 249. The fourth-order valence-corrected chi connectivity index (χ4v) is 1.69. The summed E-state index contributed by atoms with van der Waals surface area (Å²) in [5, 5.41) is 11.3. The van der Waals surface area contributed by atoms with Gasteiger partial charge in [0, 0.05) is 33.1 Å². The van der Waals surface area contributed by atoms with E-state index in [9.17, 15) is 9.59 Å². The molecule has 15 heavy (non-hydrogen) atoms. The smallest absolute Gasteiger partial charge is 0.306 e. The van der Waals surface area contributed by atoms with Crippen molar-refractivity contribution in [2.45, 2.75) is 13.3 Å². The minimum Gasteiger partial charge on any atom is -0.481 e. The van der Waals surface area contributed by atoms with Crippen LogP contribution in [0.2, 0.25) is 0 Å². The lowest BCUT2D eigenvalue weighted by Crippen LogP contribution is -2.51. The monoisotopic (exact) mass is 214 g/mol. The highest BCUT2D eigenvalue weighted by Crippen LogP contribution is 2.23. The summed E-state index contributed by atoms with van der Waals surface area (Å²) in [6.07, 6.45) is 0.491. The van der Waals surface area contributed by atoms with Crippen molar-refractivity contribution >= 4 is 11.9 Å². The molecule has 1 heterocycles. The molecule has 1 saturated heterocycles. The number of carbonyl (C=O) groups is 2. The highest BCUT2D eigenvalue weighted by molar-refractivity contribution is 5.75. The van der Waals surface area contributed by atoms with Gasteiger partial charge in [-0.1, -0.05) is 6.92 Å². The third-order valence-corrected chi connectivity index (χ3v) is 3.02. The summed E-state index contributed by atoms with van der Waals surface area (Å²) in [6, 6.07) is 0. The molecule has 0 aromatic rings. The van der Waals surface area contributed by atoms with Crippen molar-refractivity contribution in [3.8, 4) is 0 Å². The predicted octanol–water partition coefficient (Wildman–Crippen LogP) is -0.225. The average Bonchev–Trinajstić information content (AvgIpc) is 2.14. The number of carboxylic acids is 1. The Morgan fingerprint density at radius 3 is 2.60 bits per heavy atom. The third kappa shape index (κ3) is 3.20. The number of amides is 1. The molecular formula is C10H18N2O3. The quantitative estimate of drug-likeness (QED) is 0.663. The van der Waals surface area contributed by atoms with Crippen LogP contribution in [0.1, 0.15) is 13.3 Å². The molecule has 1 unspecified atom stereocenters. The Balaban J connectivity index is 2.15. The lowest BCUT2D eigenvalue weighted by molar-refractivity contribution is -0.145. The predicted molar refractivity (Wildman–Crippen MR) is 55.4 cm³/mol. The van der Waals surface area contributed by atoms with Crippen LogP contribution in [-0.4, -0.2) is 48.6 Å². The van der Waals surface area contributed by atoms with Crippen molar-refractivity contribution < 1.29 is 14.7 Å². The average molecular weight is 214 g/mol. The summed E-state index contributed by atoms with van der Waals surface area (Å²) in [6.45, 7) is 4.06. The van der Waals surface area contributed by atoms with E-state index in [1.165, 1.54) is 0 Å². The number of nitrogens with one attached hydrogen (secondary N) is 1. The van der Waals surface area contributed by atoms with E-state index in [0.29, 0.717) is 6.42 Å². The molecule has 5 heteroatoms. The van der Waals surface area contributed by atoms with Crippen molar-refractivity contribution in [1.29, 1.82) is 0 Å². The van der Waals surface area contributed by atoms with Crippen LogP contribution in [0.4, 0.5) is 0 Å². The van der Waals surface area contributed by atoms with Crippen molar-refractivity contribution in [1.82, 2.24) is 10.2 Å². The zero-order valence-corrected chi connectivity index (χ0v) is 9.19. The van der Waals surface area contributed by atoms with Gasteiger partial charge in [0.25, 0.3) is 0 Å². The van der Waals surface area contributed by atoms with Gasteiger partial charge in [0.2, 0.25) is 5.91 Å². The number of rotatable bonds is 5. The summed E-state index contributed by atoms with van der Waals surface area (Å²) >= 11 is 0. The van der Waals surface area contributed by atoms with Gasteiger partial charge in [-0.2, -0.15) is 0 Å². The second-order valence-corrected chi connectivity index (χ2v) is 4.07. The van der Waals surface area contributed by atoms with Crippen LogP contribution in [0, 0.1) is 11.8 Å². The van der Waals surface area contributed by atoms with E-state index in [2.05, 4.69) is 10.2 Å². The SMILES string of the molecule is CNC(=O)CCN1CC(C(C)C(=O)O)C1. The topological polar surface area (TPSA) is 69.6 Å². The fourth-order valence-electron chi connectivity index (χ4n) is 1.69. The van der Waals surface area contributed by atoms with E-state index in [1.807, 2.05) is 0 Å². The zero-order chi connectivity index (χ0) is 11.4. The minimum absolute atomic E-state index is 0.0322. The molecule has 0 bridgehead atoms. The molecule has 0 radical (unpaired) electrons. The van der Waals surface area contributed by atoms with Gasteiger partial charge in [-0.15, -0.1) is 0 Å². The van der Waals surface area contributed by atoms with Crippen LogP contribution in [0.25, 0.3) is 0 Å². The first-order valence-electron chi connectivity index (χ1n) is 5.20. The fraction of sp³-hybridized carbons (Fsp3) is 0.800. The Labute approximate surface area is 89.4 Å². The Hall–Kier alpha value is -1.10. The van der Waals surface area contributed by atoms with Gasteiger partial charge in [0.15, 0.2) is 0 Å². The van der Waals surface area contributed by atoms with Crippen molar-refractivity contribution in [2.24, 2.45) is 11.8 Å². The molecule has 0 spiro atoms. The van der Waals surface area contributed by atoms with E-state index in [4.69, 9.17) is 5.11 Å². The molecule has 0 aliphatic carbocycles. The highest BCUT2D eigenvalue weighted by Gasteiger charge is 2.34. The van der Waals surface area contributed by atoms with Gasteiger partial charge in [0.05, 0.1) is 5.92 Å². The van der Waals surface area contributed by atoms with Crippen LogP contribution < -0.4 is 5.32 Å². The van der Waals surface area contributed by atoms with Gasteiger partial charge < -0.3 is 15.3 Å². The number of likely N-dealkylation sites (tertiary alicyclic amines) is 1. The molecule has 1 amide bonds. The first-order valence-corrected chi connectivity index (χ1v) is 5.20. The van der Waals surface area contributed by atoms with Gasteiger partial charge in [-0.05, 0) is 5.92 Å². The number of carboxylic acid groups (broad SMARTS) is 1. The van der Waals surface area contributed by atoms with E-state index in [1.54, 1.807) is 14.0 Å². The molecule has 1 rings (SSSR count). The second-order valence-electron chi connectivity index (χ2n) is 4.07. The van der Waals surface area contributed by atoms with Crippen LogP contribution in [0.5, 0.6) is 0 Å². The summed E-state index contributed by atoms with van der Waals surface area (Å²) in [4.78, 5) is 23.7. The van der Waals surface area contributed by atoms with E-state index >= 15 is 0 Å². The minimum atomic E-state index is -0.731. The molecule has 1 atom stereocenters. The number of aliphatic carboxylic acids is 1. The molecule has 86 valence electrons. The molecule has 0 aromatic carbocycles. The first-order chi connectivity index (χ1) is 7.04. The number of carbonyl (C=O) groups excluding carboxylic acids is 1. The van der Waals surface area contributed by atoms with E-state index < -0.39 is 5.97 Å². The van der Waals surface area contributed by atoms with Gasteiger partial charge in [-0.25, -0.2) is 0 Å². The molecule has 1 aliphatic heterocycles. The Kier molecular flexibility index (Phi) is 4.08. The highest BCUT2D eigenvalue weighted by atomic mass is 16.4. The number of hydrogen-bond donors (Lipinski definition) is 2. The maximum absolute atomic E-state index is 10.9. The van der Waals surface area contributed by atoms with Crippen LogP contribution in [0.3, 0.4) is 0 Å². The van der Waals surface area contributed by atoms with Crippen molar-refractivity contribution in [3.63, 3.8) is 0 Å². The van der Waals surface area contributed by atoms with Crippen LogP contribution in [0.15, 0.2) is 0 Å². The number of hydrogen-bond acceptors (Lipinski definition) is 3. The lowest BCUT2D eigenvalue weighted by Gasteiger charge is -2.41. The number of nitrogens with zero attached hydrogens (tertiary/aromatic N) is 1. The molecule has 1 aliphatic rings. The molecule has 0 aromatic heterocycles. The Morgan fingerprint density at radius 2 is 2.13 bits per heavy atom. The zero-order valence-electron chi connectivity index (χ0n) is 9.19.